The molecule has 27 rings (SSSR count). The van der Waals surface area contributed by atoms with Crippen molar-refractivity contribution >= 4 is 173 Å². The van der Waals surface area contributed by atoms with Gasteiger partial charge in [-0.25, -0.2) is 0 Å². The number of rotatable bonds is 7. The van der Waals surface area contributed by atoms with E-state index in [1.165, 1.54) is 256 Å². The normalized spacial score (nSPS) is 11.6. The Bertz CT molecular complexity index is 8800. The van der Waals surface area contributed by atoms with Gasteiger partial charge in [-0.1, -0.05) is 431 Å². The van der Waals surface area contributed by atoms with Gasteiger partial charge in [0.1, 0.15) is 0 Å². The highest BCUT2D eigenvalue weighted by atomic mass is 15.0. The first kappa shape index (κ1) is 77.7. The van der Waals surface area contributed by atoms with Gasteiger partial charge in [-0.2, -0.15) is 0 Å². The van der Waals surface area contributed by atoms with E-state index in [2.05, 4.69) is 510 Å². The molecule has 0 saturated heterocycles. The van der Waals surface area contributed by atoms with Crippen molar-refractivity contribution in [1.29, 1.82) is 0 Å². The van der Waals surface area contributed by atoms with Crippen LogP contribution in [0, 0.1) is 13.8 Å². The number of benzene rings is 26. The molecule has 1 heteroatoms. The van der Waals surface area contributed by atoms with Gasteiger partial charge in [0.2, 0.25) is 0 Å². The molecule has 0 aliphatic heterocycles. The Labute approximate surface area is 760 Å². The molecule has 27 aromatic rings. The first-order chi connectivity index (χ1) is 64.8. The lowest BCUT2D eigenvalue weighted by atomic mass is 9.90. The molecular weight excluding hydrogens is 1580 g/mol. The van der Waals surface area contributed by atoms with Crippen LogP contribution >= 0.6 is 0 Å². The maximum atomic E-state index is 2.40. The number of aromatic nitrogens is 1. The zero-order valence-corrected chi connectivity index (χ0v) is 72.7. The van der Waals surface area contributed by atoms with Crippen LogP contribution in [0.2, 0.25) is 0 Å². The van der Waals surface area contributed by atoms with Crippen LogP contribution in [0.25, 0.3) is 245 Å². The summed E-state index contributed by atoms with van der Waals surface area (Å²) in [5.41, 5.74) is 21.5. The van der Waals surface area contributed by atoms with Crippen molar-refractivity contribution in [3.05, 3.63) is 503 Å². The molecule has 1 nitrogen and oxygen atoms in total. The van der Waals surface area contributed by atoms with Crippen molar-refractivity contribution in [3.8, 4) is 72.4 Å². The van der Waals surface area contributed by atoms with Crippen molar-refractivity contribution < 1.29 is 0 Å². The molecule has 131 heavy (non-hydrogen) atoms. The van der Waals surface area contributed by atoms with Crippen LogP contribution < -0.4 is 0 Å². The van der Waals surface area contributed by atoms with E-state index in [-0.39, 0.29) is 0 Å². The van der Waals surface area contributed by atoms with E-state index in [0.717, 1.165) is 0 Å². The van der Waals surface area contributed by atoms with Gasteiger partial charge in [0.05, 0.1) is 11.0 Å². The predicted octanol–water partition coefficient (Wildman–Crippen LogP) is 36.6. The summed E-state index contributed by atoms with van der Waals surface area (Å²) in [6.45, 7) is 4.37. The molecule has 0 atom stereocenters. The molecule has 0 aliphatic carbocycles. The Morgan fingerprint density at radius 3 is 0.725 bits per heavy atom. The summed E-state index contributed by atoms with van der Waals surface area (Å²) in [7, 11) is 0. The lowest BCUT2D eigenvalue weighted by Crippen LogP contribution is -1.94. The van der Waals surface area contributed by atoms with Crippen LogP contribution in [-0.2, 0) is 0 Å². The van der Waals surface area contributed by atoms with Gasteiger partial charge in [0.15, 0.2) is 0 Å². The van der Waals surface area contributed by atoms with Crippen molar-refractivity contribution in [3.63, 3.8) is 0 Å². The molecule has 0 bridgehead atoms. The summed E-state index contributed by atoms with van der Waals surface area (Å²) in [6.07, 6.45) is 0. The second-order valence-corrected chi connectivity index (χ2v) is 34.9. The summed E-state index contributed by atoms with van der Waals surface area (Å²) >= 11 is 0. The lowest BCUT2D eigenvalue weighted by Gasteiger charge is -2.13. The van der Waals surface area contributed by atoms with Gasteiger partial charge >= 0.3 is 0 Å². The van der Waals surface area contributed by atoms with Gasteiger partial charge in [0.25, 0.3) is 0 Å². The Hall–Kier alpha value is -16.8. The molecule has 0 fully saturated rings. The Morgan fingerprint density at radius 2 is 0.359 bits per heavy atom. The first-order valence-corrected chi connectivity index (χ1v) is 45.5. The maximum Gasteiger partial charge on any atom is 0.0541 e. The summed E-state index contributed by atoms with van der Waals surface area (Å²) in [5, 5.41) is 38.8. The van der Waals surface area contributed by atoms with Crippen molar-refractivity contribution in [2.75, 3.05) is 0 Å². The minimum Gasteiger partial charge on any atom is -0.309 e. The largest absolute Gasteiger partial charge is 0.309 e. The molecule has 0 aliphatic rings. The van der Waals surface area contributed by atoms with Crippen LogP contribution in [0.1, 0.15) is 11.1 Å². The van der Waals surface area contributed by atoms with E-state index in [9.17, 15) is 0 Å². The number of para-hydroxylation sites is 2. The van der Waals surface area contributed by atoms with Crippen LogP contribution in [0.5, 0.6) is 0 Å². The molecular formula is C130H87N. The molecule has 0 amide bonds. The number of aryl methyl sites for hydroxylation is 2. The highest BCUT2D eigenvalue weighted by Crippen LogP contribution is 2.45. The summed E-state index contributed by atoms with van der Waals surface area (Å²) < 4.78 is 2.40. The summed E-state index contributed by atoms with van der Waals surface area (Å²) in [5.74, 6) is 0. The van der Waals surface area contributed by atoms with Gasteiger partial charge in [0, 0.05) is 16.5 Å². The quantitative estimate of drug-likeness (QED) is 0.140. The average molecular weight is 1660 g/mol. The second-order valence-electron chi connectivity index (χ2n) is 34.9. The van der Waals surface area contributed by atoms with Gasteiger partial charge in [-0.3, -0.25) is 0 Å². The minimum absolute atomic E-state index is 1.20. The minimum atomic E-state index is 1.20. The van der Waals surface area contributed by atoms with E-state index in [0.29, 0.717) is 0 Å². The molecule has 0 saturated carbocycles. The molecule has 1 aromatic heterocycles. The van der Waals surface area contributed by atoms with Gasteiger partial charge in [-0.15, -0.1) is 0 Å². The Balaban J connectivity index is 0.0000000970. The van der Waals surface area contributed by atoms with E-state index >= 15 is 0 Å². The smallest absolute Gasteiger partial charge is 0.0541 e. The van der Waals surface area contributed by atoms with Gasteiger partial charge < -0.3 is 4.57 Å². The third kappa shape index (κ3) is 14.1. The Kier molecular flexibility index (Phi) is 19.5. The van der Waals surface area contributed by atoms with E-state index in [1.54, 1.807) is 0 Å². The predicted molar refractivity (Wildman–Crippen MR) is 567 cm³/mol. The summed E-state index contributed by atoms with van der Waals surface area (Å²) in [4.78, 5) is 0. The van der Waals surface area contributed by atoms with Crippen LogP contribution in [0.15, 0.2) is 491 Å². The molecule has 1 heterocycles. The second kappa shape index (κ2) is 32.9. The highest BCUT2D eigenvalue weighted by Gasteiger charge is 2.19. The molecule has 0 N–H and O–H groups in total. The van der Waals surface area contributed by atoms with Crippen LogP contribution in [-0.4, -0.2) is 4.57 Å². The fourth-order valence-corrected chi connectivity index (χ4v) is 20.8. The summed E-state index contributed by atoms with van der Waals surface area (Å²) in [6, 6.07) is 179. The fraction of sp³-hybridized carbons (Fsp3) is 0.0154. The standard InChI is InChI=1S/C38H24.C32H24.C30H19N.C30H20/c1-3-11-32-25(7-1)9-5-13-34(32)30-21-17-27-15-19-29-20-16-28-18-22-31(24-37(28)38(29)36(27)23-30)35-14-6-10-26-8-2-4-12-33(26)35;1-21-7-3-5-9-28(21)26-17-13-23-11-15-25-16-12-24-14-18-27(29-10-6-4-8-22(29)2)20-31(24)32(25)30(23)19-26;1-2-8-24-20(7-1)13-15-22-16-14-21-17-18-23(19-27(21)30(22)24)31-28-11-5-3-9-25(28)26-10-4-6-12-29(26)31;1-3-7-21(8-4-1)26-17-13-23-11-15-25-16-12-24-14-18-27(22-9-5-2-6-10-22)20-29(24)30(25)28(23)19-26/h1-24H;3-20H,1-2H3;1-19H;1-20H. The third-order valence-electron chi connectivity index (χ3n) is 27.3. The highest BCUT2D eigenvalue weighted by molar-refractivity contribution is 6.26. The fourth-order valence-electron chi connectivity index (χ4n) is 20.8. The maximum absolute atomic E-state index is 2.40. The number of hydrogen-bond acceptors (Lipinski definition) is 0. The van der Waals surface area contributed by atoms with Crippen molar-refractivity contribution in [2.45, 2.75) is 13.8 Å². The van der Waals surface area contributed by atoms with E-state index < -0.39 is 0 Å². The van der Waals surface area contributed by atoms with Crippen molar-refractivity contribution in [2.24, 2.45) is 0 Å². The first-order valence-electron chi connectivity index (χ1n) is 45.5. The number of fused-ring (bicyclic) bond motifs is 25. The number of hydrogen-bond donors (Lipinski definition) is 0. The SMILES string of the molecule is Cc1ccccc1-c1ccc2ccc3ccc4ccc(-c5ccccc5C)cc4c3c2c1.c1ccc(-c2ccc3ccc4ccc5ccc(-c6ccccc6)cc5c4c3c2)cc1.c1ccc2c(-c3ccc4ccc5ccc6ccc(-c7cccc8ccccc78)cc6c5c4c3)cccc2c1.c1ccc2c(c1)ccc1ccc3ccc(-n4c5ccccc5c5ccccc54)cc3c12. The molecule has 0 unspecified atom stereocenters. The zero-order chi connectivity index (χ0) is 87.0. The van der Waals surface area contributed by atoms with Crippen molar-refractivity contribution in [1.82, 2.24) is 4.57 Å². The molecule has 612 valence electrons. The number of nitrogens with zero attached hydrogens (tertiary/aromatic N) is 1. The average Bonchev–Trinajstić information content (AvgIpc) is 1.48. The van der Waals surface area contributed by atoms with E-state index in [1.807, 2.05) is 0 Å². The van der Waals surface area contributed by atoms with Crippen LogP contribution in [0.3, 0.4) is 0 Å². The monoisotopic (exact) mass is 1660 g/mol. The topological polar surface area (TPSA) is 4.93 Å². The Morgan fingerprint density at radius 1 is 0.130 bits per heavy atom. The third-order valence-corrected chi connectivity index (χ3v) is 27.3. The van der Waals surface area contributed by atoms with Gasteiger partial charge in [-0.05, 0) is 303 Å². The molecule has 0 spiro atoms. The van der Waals surface area contributed by atoms with E-state index in [4.69, 9.17) is 0 Å². The molecule has 26 aromatic carbocycles. The zero-order valence-electron chi connectivity index (χ0n) is 72.7. The van der Waals surface area contributed by atoms with Crippen LogP contribution in [0.4, 0.5) is 0 Å². The molecule has 0 radical (unpaired) electrons. The lowest BCUT2D eigenvalue weighted by molar-refractivity contribution is 1.19.